The monoisotopic (exact) mass is 223 g/mol. The third-order valence-corrected chi connectivity index (χ3v) is 2.18. The van der Waals surface area contributed by atoms with Crippen molar-refractivity contribution in [2.75, 3.05) is 0 Å². The highest BCUT2D eigenvalue weighted by Crippen LogP contribution is 2.25. The van der Waals surface area contributed by atoms with Crippen LogP contribution in [0.15, 0.2) is 30.3 Å². The average molecular weight is 223 g/mol. The van der Waals surface area contributed by atoms with E-state index in [1.54, 1.807) is 6.92 Å². The molecule has 0 radical (unpaired) electrons. The van der Waals surface area contributed by atoms with E-state index in [1.165, 1.54) is 18.2 Å². The molecule has 0 spiro atoms. The highest BCUT2D eigenvalue weighted by atomic mass is 19.2. The number of aryl methyl sites for hydroxylation is 1. The molecule has 0 aliphatic rings. The van der Waals surface area contributed by atoms with E-state index in [9.17, 15) is 13.2 Å². The van der Waals surface area contributed by atoms with Crippen molar-refractivity contribution in [2.45, 2.75) is 6.92 Å². The molecular weight excluding hydrogens is 215 g/mol. The summed E-state index contributed by atoms with van der Waals surface area (Å²) in [6.45, 7) is 1.59. The number of aromatic nitrogens is 1. The van der Waals surface area contributed by atoms with Crippen LogP contribution in [0.1, 0.15) is 5.69 Å². The van der Waals surface area contributed by atoms with E-state index in [-0.39, 0.29) is 11.1 Å². The Balaban J connectivity index is 2.63. The van der Waals surface area contributed by atoms with Gasteiger partial charge < -0.3 is 0 Å². The fourth-order valence-electron chi connectivity index (χ4n) is 1.51. The van der Waals surface area contributed by atoms with E-state index in [0.29, 0.717) is 5.69 Å². The first-order valence-electron chi connectivity index (χ1n) is 4.66. The van der Waals surface area contributed by atoms with Crippen molar-refractivity contribution in [2.24, 2.45) is 0 Å². The Hall–Kier alpha value is -1.84. The minimum absolute atomic E-state index is 0.0319. The lowest BCUT2D eigenvalue weighted by Gasteiger charge is -2.05. The normalized spacial score (nSPS) is 10.5. The van der Waals surface area contributed by atoms with Gasteiger partial charge in [0.15, 0.2) is 11.6 Å². The van der Waals surface area contributed by atoms with Gasteiger partial charge in [-0.2, -0.15) is 4.39 Å². The standard InChI is InChI=1S/C12H8F3N/c1-7-5-8(6-11(14)16-7)9-3-2-4-10(13)12(9)15/h2-6H,1H3. The molecule has 0 atom stereocenters. The first-order valence-corrected chi connectivity index (χ1v) is 4.66. The summed E-state index contributed by atoms with van der Waals surface area (Å²) in [4.78, 5) is 3.53. The number of rotatable bonds is 1. The molecule has 0 aliphatic heterocycles. The van der Waals surface area contributed by atoms with Gasteiger partial charge in [0, 0.05) is 17.3 Å². The van der Waals surface area contributed by atoms with Crippen molar-refractivity contribution in [3.8, 4) is 11.1 Å². The second-order valence-electron chi connectivity index (χ2n) is 3.42. The molecule has 2 rings (SSSR count). The maximum atomic E-state index is 13.4. The smallest absolute Gasteiger partial charge is 0.213 e. The van der Waals surface area contributed by atoms with Crippen LogP contribution in [0.4, 0.5) is 13.2 Å². The Morgan fingerprint density at radius 1 is 1.06 bits per heavy atom. The predicted octanol–water partition coefficient (Wildman–Crippen LogP) is 3.47. The lowest BCUT2D eigenvalue weighted by atomic mass is 10.1. The third-order valence-electron chi connectivity index (χ3n) is 2.18. The summed E-state index contributed by atoms with van der Waals surface area (Å²) in [5.41, 5.74) is 0.727. The fourth-order valence-corrected chi connectivity index (χ4v) is 1.51. The Morgan fingerprint density at radius 3 is 2.50 bits per heavy atom. The summed E-state index contributed by atoms with van der Waals surface area (Å²) in [5, 5.41) is 0. The molecule has 2 aromatic rings. The Labute approximate surface area is 90.6 Å². The number of nitrogens with zero attached hydrogens (tertiary/aromatic N) is 1. The molecule has 0 unspecified atom stereocenters. The van der Waals surface area contributed by atoms with E-state index < -0.39 is 17.6 Å². The Bertz CT molecular complexity index is 518. The van der Waals surface area contributed by atoms with Gasteiger partial charge in [0.1, 0.15) is 0 Å². The minimum Gasteiger partial charge on any atom is -0.225 e. The van der Waals surface area contributed by atoms with Gasteiger partial charge in [0.25, 0.3) is 0 Å². The van der Waals surface area contributed by atoms with Gasteiger partial charge in [0.05, 0.1) is 0 Å². The molecule has 82 valence electrons. The van der Waals surface area contributed by atoms with Crippen molar-refractivity contribution in [3.63, 3.8) is 0 Å². The zero-order valence-corrected chi connectivity index (χ0v) is 8.47. The van der Waals surface area contributed by atoms with Crippen LogP contribution in [-0.2, 0) is 0 Å². The van der Waals surface area contributed by atoms with E-state index in [1.807, 2.05) is 0 Å². The molecular formula is C12H8F3N. The summed E-state index contributed by atoms with van der Waals surface area (Å²) in [6.07, 6.45) is 0. The number of pyridine rings is 1. The maximum Gasteiger partial charge on any atom is 0.213 e. The van der Waals surface area contributed by atoms with Gasteiger partial charge in [-0.15, -0.1) is 0 Å². The Morgan fingerprint density at radius 2 is 1.81 bits per heavy atom. The van der Waals surface area contributed by atoms with Crippen LogP contribution < -0.4 is 0 Å². The minimum atomic E-state index is -0.979. The van der Waals surface area contributed by atoms with Gasteiger partial charge in [-0.3, -0.25) is 0 Å². The number of hydrogen-bond acceptors (Lipinski definition) is 1. The maximum absolute atomic E-state index is 13.4. The van der Waals surface area contributed by atoms with Crippen LogP contribution in [0.5, 0.6) is 0 Å². The molecule has 0 amide bonds. The first-order chi connectivity index (χ1) is 7.58. The molecule has 0 bridgehead atoms. The van der Waals surface area contributed by atoms with Crippen LogP contribution in [0, 0.1) is 24.5 Å². The summed E-state index contributed by atoms with van der Waals surface area (Å²) >= 11 is 0. The van der Waals surface area contributed by atoms with Gasteiger partial charge in [-0.25, -0.2) is 13.8 Å². The quantitative estimate of drug-likeness (QED) is 0.674. The van der Waals surface area contributed by atoms with Gasteiger partial charge in [0.2, 0.25) is 5.95 Å². The molecule has 0 fully saturated rings. The van der Waals surface area contributed by atoms with Gasteiger partial charge in [-0.1, -0.05) is 12.1 Å². The van der Waals surface area contributed by atoms with Crippen molar-refractivity contribution in [3.05, 3.63) is 53.6 Å². The molecule has 0 aliphatic carbocycles. The Kier molecular flexibility index (Phi) is 2.64. The summed E-state index contributed by atoms with van der Waals surface area (Å²) in [7, 11) is 0. The molecule has 0 saturated heterocycles. The molecule has 16 heavy (non-hydrogen) atoms. The van der Waals surface area contributed by atoms with E-state index in [4.69, 9.17) is 0 Å². The van der Waals surface area contributed by atoms with Crippen LogP contribution in [0.2, 0.25) is 0 Å². The van der Waals surface area contributed by atoms with Crippen LogP contribution in [0.25, 0.3) is 11.1 Å². The van der Waals surface area contributed by atoms with Crippen LogP contribution >= 0.6 is 0 Å². The van der Waals surface area contributed by atoms with E-state index >= 15 is 0 Å². The topological polar surface area (TPSA) is 12.9 Å². The largest absolute Gasteiger partial charge is 0.225 e. The number of hydrogen-bond donors (Lipinski definition) is 0. The average Bonchev–Trinajstić information content (AvgIpc) is 2.20. The number of halogens is 3. The SMILES string of the molecule is Cc1cc(-c2cccc(F)c2F)cc(F)n1. The molecule has 1 aromatic heterocycles. The van der Waals surface area contributed by atoms with Gasteiger partial charge >= 0.3 is 0 Å². The number of benzene rings is 1. The van der Waals surface area contributed by atoms with Crippen molar-refractivity contribution in [1.82, 2.24) is 4.98 Å². The highest BCUT2D eigenvalue weighted by molar-refractivity contribution is 5.64. The lowest BCUT2D eigenvalue weighted by molar-refractivity contribution is 0.511. The van der Waals surface area contributed by atoms with Crippen molar-refractivity contribution < 1.29 is 13.2 Å². The molecule has 1 nitrogen and oxygen atoms in total. The van der Waals surface area contributed by atoms with Crippen molar-refractivity contribution >= 4 is 0 Å². The van der Waals surface area contributed by atoms with E-state index in [0.717, 1.165) is 12.1 Å². The zero-order valence-electron chi connectivity index (χ0n) is 8.47. The second kappa shape index (κ2) is 3.96. The third kappa shape index (κ3) is 1.91. The fraction of sp³-hybridized carbons (Fsp3) is 0.0833. The van der Waals surface area contributed by atoms with Crippen LogP contribution in [0.3, 0.4) is 0 Å². The molecule has 1 heterocycles. The lowest BCUT2D eigenvalue weighted by Crippen LogP contribution is -1.93. The highest BCUT2D eigenvalue weighted by Gasteiger charge is 2.11. The zero-order chi connectivity index (χ0) is 11.7. The summed E-state index contributed by atoms with van der Waals surface area (Å²) < 4.78 is 39.4. The van der Waals surface area contributed by atoms with Crippen molar-refractivity contribution in [1.29, 1.82) is 0 Å². The second-order valence-corrected chi connectivity index (χ2v) is 3.42. The molecule has 4 heteroatoms. The van der Waals surface area contributed by atoms with Gasteiger partial charge in [-0.05, 0) is 24.6 Å². The predicted molar refractivity (Wildman–Crippen MR) is 54.3 cm³/mol. The molecule has 0 N–H and O–H groups in total. The molecule has 0 saturated carbocycles. The summed E-state index contributed by atoms with van der Waals surface area (Å²) in [6, 6.07) is 6.36. The summed E-state index contributed by atoms with van der Waals surface area (Å²) in [5.74, 6) is -2.64. The molecule has 1 aromatic carbocycles. The first kappa shape index (κ1) is 10.7. The van der Waals surface area contributed by atoms with Crippen LogP contribution in [-0.4, -0.2) is 4.98 Å². The van der Waals surface area contributed by atoms with E-state index in [2.05, 4.69) is 4.98 Å².